The lowest BCUT2D eigenvalue weighted by Gasteiger charge is -2.31. The number of thioether (sulfide) groups is 1. The van der Waals surface area contributed by atoms with Gasteiger partial charge < -0.3 is 16.0 Å². The lowest BCUT2D eigenvalue weighted by atomic mass is 9.91. The molecule has 7 nitrogen and oxygen atoms in total. The molecule has 0 saturated heterocycles. The SMILES string of the molecule is C=CC(=O)N(C)C.CC.CC.CC1SC(N)=NC(c2cc(NC(=O)c3ccc(Cl)cn3)ccc2F)[C@@H]1C.CF. The fraction of sp³-hybridized carbons (Fsp3) is 0.429. The molecule has 2 aromatic rings. The van der Waals surface area contributed by atoms with Crippen molar-refractivity contribution in [2.75, 3.05) is 26.6 Å². The minimum absolute atomic E-state index is 0.0556. The van der Waals surface area contributed by atoms with Crippen molar-refractivity contribution in [3.8, 4) is 0 Å². The molecule has 0 saturated carbocycles. The van der Waals surface area contributed by atoms with E-state index < -0.39 is 11.9 Å². The summed E-state index contributed by atoms with van der Waals surface area (Å²) in [4.78, 5) is 32.5. The van der Waals surface area contributed by atoms with Gasteiger partial charge in [0.15, 0.2) is 5.17 Å². The molecular formula is C28H42ClF2N5O2S. The summed E-state index contributed by atoms with van der Waals surface area (Å²) in [5, 5.41) is 3.83. The highest BCUT2D eigenvalue weighted by Gasteiger charge is 2.31. The first-order valence-electron chi connectivity index (χ1n) is 12.5. The number of carbonyl (C=O) groups excluding carboxylic acids is 2. The van der Waals surface area contributed by atoms with E-state index in [2.05, 4.69) is 21.9 Å². The van der Waals surface area contributed by atoms with Crippen LogP contribution in [-0.4, -0.2) is 53.4 Å². The first-order chi connectivity index (χ1) is 18.5. The molecule has 1 aromatic heterocycles. The van der Waals surface area contributed by atoms with E-state index in [1.54, 1.807) is 26.2 Å². The van der Waals surface area contributed by atoms with Gasteiger partial charge in [-0.3, -0.25) is 19.0 Å². The van der Waals surface area contributed by atoms with Crippen LogP contribution < -0.4 is 11.1 Å². The van der Waals surface area contributed by atoms with Gasteiger partial charge in [-0.15, -0.1) is 0 Å². The summed E-state index contributed by atoms with van der Waals surface area (Å²) < 4.78 is 23.9. The van der Waals surface area contributed by atoms with E-state index in [1.807, 2.05) is 41.5 Å². The number of anilines is 1. The van der Waals surface area contributed by atoms with E-state index in [-0.39, 0.29) is 28.6 Å². The van der Waals surface area contributed by atoms with Gasteiger partial charge >= 0.3 is 0 Å². The maximum absolute atomic E-state index is 14.4. The molecule has 1 aliphatic rings. The molecule has 3 rings (SSSR count). The molecule has 2 heterocycles. The van der Waals surface area contributed by atoms with Gasteiger partial charge in [0.25, 0.3) is 5.91 Å². The number of aliphatic imine (C=N–C) groups is 1. The number of aromatic nitrogens is 1. The summed E-state index contributed by atoms with van der Waals surface area (Å²) in [7, 11) is 3.87. The summed E-state index contributed by atoms with van der Waals surface area (Å²) in [6.45, 7) is 15.3. The summed E-state index contributed by atoms with van der Waals surface area (Å²) in [5.41, 5.74) is 6.97. The fourth-order valence-electron chi connectivity index (χ4n) is 2.93. The van der Waals surface area contributed by atoms with E-state index in [1.165, 1.54) is 47.1 Å². The van der Waals surface area contributed by atoms with Crippen molar-refractivity contribution in [3.05, 3.63) is 71.3 Å². The van der Waals surface area contributed by atoms with E-state index in [0.717, 1.165) is 0 Å². The second-order valence-electron chi connectivity index (χ2n) is 7.58. The predicted molar refractivity (Wildman–Crippen MR) is 163 cm³/mol. The Morgan fingerprint density at radius 2 is 1.72 bits per heavy atom. The molecule has 0 aliphatic carbocycles. The monoisotopic (exact) mass is 585 g/mol. The van der Waals surface area contributed by atoms with E-state index in [4.69, 9.17) is 17.3 Å². The normalized spacial score (nSPS) is 16.9. The quantitative estimate of drug-likeness (QED) is 0.371. The number of nitrogens with one attached hydrogen (secondary N) is 1. The lowest BCUT2D eigenvalue weighted by Crippen LogP contribution is -2.29. The Labute approximate surface area is 241 Å². The lowest BCUT2D eigenvalue weighted by molar-refractivity contribution is -0.123. The van der Waals surface area contributed by atoms with Gasteiger partial charge in [0.2, 0.25) is 5.91 Å². The third kappa shape index (κ3) is 13.1. The second-order valence-corrected chi connectivity index (χ2v) is 9.42. The minimum Gasteiger partial charge on any atom is -0.379 e. The highest BCUT2D eigenvalue weighted by molar-refractivity contribution is 8.14. The van der Waals surface area contributed by atoms with Crippen molar-refractivity contribution in [1.29, 1.82) is 0 Å². The van der Waals surface area contributed by atoms with Gasteiger partial charge in [-0.25, -0.2) is 9.37 Å². The number of pyridine rings is 1. The predicted octanol–water partition coefficient (Wildman–Crippen LogP) is 7.15. The Morgan fingerprint density at radius 1 is 1.13 bits per heavy atom. The smallest absolute Gasteiger partial charge is 0.274 e. The summed E-state index contributed by atoms with van der Waals surface area (Å²) in [5.74, 6) is -0.728. The van der Waals surface area contributed by atoms with Crippen molar-refractivity contribution < 1.29 is 18.4 Å². The van der Waals surface area contributed by atoms with Gasteiger partial charge in [0.1, 0.15) is 11.5 Å². The van der Waals surface area contributed by atoms with Crippen molar-refractivity contribution in [1.82, 2.24) is 9.88 Å². The minimum atomic E-state index is -0.400. The Morgan fingerprint density at radius 3 is 2.18 bits per heavy atom. The van der Waals surface area contributed by atoms with Crippen LogP contribution in [0.15, 0.2) is 54.2 Å². The number of nitrogens with zero attached hydrogens (tertiary/aromatic N) is 3. The number of likely N-dealkylation sites (N-methyl/N-ethyl adjacent to an activating group) is 1. The van der Waals surface area contributed by atoms with E-state index in [9.17, 15) is 18.4 Å². The molecule has 39 heavy (non-hydrogen) atoms. The van der Waals surface area contributed by atoms with Crippen LogP contribution in [0, 0.1) is 11.7 Å². The maximum atomic E-state index is 14.4. The Balaban J connectivity index is 0. The average molecular weight is 586 g/mol. The van der Waals surface area contributed by atoms with Crippen molar-refractivity contribution >= 4 is 46.0 Å². The van der Waals surface area contributed by atoms with Crippen molar-refractivity contribution in [3.63, 3.8) is 0 Å². The number of hydrogen-bond donors (Lipinski definition) is 2. The number of hydrogen-bond acceptors (Lipinski definition) is 6. The Hall–Kier alpha value is -2.98. The zero-order valence-electron chi connectivity index (χ0n) is 24.3. The van der Waals surface area contributed by atoms with Crippen LogP contribution >= 0.6 is 23.4 Å². The van der Waals surface area contributed by atoms with E-state index in [0.29, 0.717) is 28.6 Å². The second kappa shape index (κ2) is 20.9. The largest absolute Gasteiger partial charge is 0.379 e. The highest BCUT2D eigenvalue weighted by atomic mass is 35.5. The number of amidine groups is 1. The first kappa shape index (κ1) is 38.2. The molecule has 0 fully saturated rings. The molecule has 0 radical (unpaired) electrons. The topological polar surface area (TPSA) is 101 Å². The number of halogens is 3. The van der Waals surface area contributed by atoms with Crippen LogP contribution in [0.5, 0.6) is 0 Å². The molecule has 11 heteroatoms. The van der Waals surface area contributed by atoms with Gasteiger partial charge in [-0.1, -0.05) is 71.5 Å². The number of alkyl halides is 1. The molecule has 3 atom stereocenters. The maximum Gasteiger partial charge on any atom is 0.274 e. The Bertz CT molecular complexity index is 1050. The third-order valence-electron chi connectivity index (χ3n) is 4.96. The van der Waals surface area contributed by atoms with Crippen LogP contribution in [0.1, 0.15) is 63.6 Å². The molecule has 2 amide bonds. The van der Waals surface area contributed by atoms with Crippen LogP contribution in [-0.2, 0) is 4.79 Å². The Kier molecular flexibility index (Phi) is 20.5. The number of carbonyl (C=O) groups is 2. The van der Waals surface area contributed by atoms with Gasteiger partial charge in [0, 0.05) is 36.8 Å². The number of benzene rings is 1. The standard InChI is InChI=1S/C18H18ClFN4OS.C5H9NO.2C2H6.CH3F/c1-9-10(2)26-18(21)24-16(9)13-7-12(4-5-14(13)20)23-17(25)15-6-3-11(19)8-22-15;1-4-5(7)6(2)3;3*1-2/h3-10,16H,1-2H3,(H2,21,24)(H,23,25);4H,1H2,2-3H3;2*1-2H3;1H3/t9-,10?,16?;;;;/m1..../s1. The number of rotatable bonds is 4. The molecule has 1 aliphatic heterocycles. The molecule has 1 aromatic carbocycles. The summed E-state index contributed by atoms with van der Waals surface area (Å²) in [6.07, 6.45) is 2.67. The zero-order chi connectivity index (χ0) is 30.7. The van der Waals surface area contributed by atoms with Crippen LogP contribution in [0.3, 0.4) is 0 Å². The third-order valence-corrected chi connectivity index (χ3v) is 6.33. The van der Waals surface area contributed by atoms with Gasteiger partial charge in [-0.05, 0) is 42.3 Å². The summed E-state index contributed by atoms with van der Waals surface area (Å²) >= 11 is 7.26. The average Bonchev–Trinajstić information content (AvgIpc) is 2.95. The fourth-order valence-corrected chi connectivity index (χ4v) is 3.96. The van der Waals surface area contributed by atoms with Crippen LogP contribution in [0.25, 0.3) is 0 Å². The number of amides is 2. The molecule has 2 unspecified atom stereocenters. The van der Waals surface area contributed by atoms with Crippen LogP contribution in [0.4, 0.5) is 14.5 Å². The molecular weight excluding hydrogens is 544 g/mol. The van der Waals surface area contributed by atoms with E-state index >= 15 is 0 Å². The molecule has 0 spiro atoms. The zero-order valence-corrected chi connectivity index (χ0v) is 25.8. The van der Waals surface area contributed by atoms with Gasteiger partial charge in [0.05, 0.1) is 18.2 Å². The first-order valence-corrected chi connectivity index (χ1v) is 13.7. The molecule has 0 bridgehead atoms. The van der Waals surface area contributed by atoms with Crippen molar-refractivity contribution in [2.24, 2.45) is 16.6 Å². The molecule has 3 N–H and O–H groups in total. The van der Waals surface area contributed by atoms with Crippen LogP contribution in [0.2, 0.25) is 5.02 Å². The summed E-state index contributed by atoms with van der Waals surface area (Å²) in [6, 6.07) is 7.15. The van der Waals surface area contributed by atoms with Gasteiger partial charge in [-0.2, -0.15) is 0 Å². The number of nitrogens with two attached hydrogens (primary N) is 1. The van der Waals surface area contributed by atoms with Crippen molar-refractivity contribution in [2.45, 2.75) is 52.8 Å². The highest BCUT2D eigenvalue weighted by Crippen LogP contribution is 2.39. The molecule has 218 valence electrons.